The fourth-order valence-electron chi connectivity index (χ4n) is 1.57. The zero-order valence-corrected chi connectivity index (χ0v) is 12.5. The highest BCUT2D eigenvalue weighted by molar-refractivity contribution is 5.88. The summed E-state index contributed by atoms with van der Waals surface area (Å²) in [5, 5.41) is 0. The number of carbonyl (C=O) groups excluding carboxylic acids is 2. The summed E-state index contributed by atoms with van der Waals surface area (Å²) >= 11 is 0. The predicted molar refractivity (Wildman–Crippen MR) is 75.0 cm³/mol. The Balaban J connectivity index is 2.84. The Morgan fingerprint density at radius 2 is 1.71 bits per heavy atom. The van der Waals surface area contributed by atoms with Gasteiger partial charge in [0, 0.05) is 12.6 Å². The molecule has 0 saturated heterocycles. The highest BCUT2D eigenvalue weighted by atomic mass is 16.6. The molecule has 116 valence electrons. The van der Waals surface area contributed by atoms with Crippen molar-refractivity contribution in [3.05, 3.63) is 18.2 Å². The van der Waals surface area contributed by atoms with E-state index in [0.29, 0.717) is 11.5 Å². The minimum atomic E-state index is -0.817. The predicted octanol–water partition coefficient (Wildman–Crippen LogP) is 2.68. The van der Waals surface area contributed by atoms with Gasteiger partial charge in [-0.05, 0) is 26.0 Å². The van der Waals surface area contributed by atoms with Gasteiger partial charge in [-0.2, -0.15) is 0 Å². The summed E-state index contributed by atoms with van der Waals surface area (Å²) in [6, 6.07) is 4.63. The van der Waals surface area contributed by atoms with Crippen LogP contribution in [0, 0.1) is 0 Å². The maximum atomic E-state index is 11.9. The minimum Gasteiger partial charge on any atom is -0.493 e. The molecule has 2 amide bonds. The number of hydrogen-bond donors (Lipinski definition) is 0. The van der Waals surface area contributed by atoms with E-state index in [-0.39, 0.29) is 18.9 Å². The fourth-order valence-corrected chi connectivity index (χ4v) is 1.57. The molecule has 0 aromatic heterocycles. The van der Waals surface area contributed by atoms with Crippen LogP contribution < -0.4 is 14.2 Å². The lowest BCUT2D eigenvalue weighted by Gasteiger charge is -2.18. The number of benzene rings is 1. The number of nitrogens with zero attached hydrogens (tertiary/aromatic N) is 1. The van der Waals surface area contributed by atoms with Crippen LogP contribution in [-0.4, -0.2) is 44.5 Å². The Morgan fingerprint density at radius 3 is 2.24 bits per heavy atom. The highest BCUT2D eigenvalue weighted by Crippen LogP contribution is 2.31. The molecule has 0 unspecified atom stereocenters. The molecule has 1 aromatic carbocycles. The molecule has 0 atom stereocenters. The maximum Gasteiger partial charge on any atom is 0.424 e. The smallest absolute Gasteiger partial charge is 0.424 e. The third-order valence-electron chi connectivity index (χ3n) is 2.58. The lowest BCUT2D eigenvalue weighted by Crippen LogP contribution is -2.39. The largest absolute Gasteiger partial charge is 0.493 e. The number of carbonyl (C=O) groups is 2. The van der Waals surface area contributed by atoms with E-state index in [1.165, 1.54) is 26.4 Å². The monoisotopic (exact) mass is 297 g/mol. The van der Waals surface area contributed by atoms with E-state index >= 15 is 0 Å². The third kappa shape index (κ3) is 4.27. The normalized spacial score (nSPS) is 9.71. The molecule has 0 aliphatic rings. The van der Waals surface area contributed by atoms with Crippen LogP contribution in [0.25, 0.3) is 0 Å². The zero-order valence-electron chi connectivity index (χ0n) is 12.5. The molecule has 0 radical (unpaired) electrons. The second-order valence-corrected chi connectivity index (χ2v) is 3.83. The van der Waals surface area contributed by atoms with Crippen molar-refractivity contribution in [1.82, 2.24) is 4.90 Å². The first kappa shape index (κ1) is 16.6. The molecule has 0 aliphatic carbocycles. The van der Waals surface area contributed by atoms with Crippen LogP contribution in [0.5, 0.6) is 17.2 Å². The van der Waals surface area contributed by atoms with Gasteiger partial charge in [0.15, 0.2) is 11.5 Å². The van der Waals surface area contributed by atoms with Gasteiger partial charge in [-0.3, -0.25) is 0 Å². The molecule has 0 spiro atoms. The Hall–Kier alpha value is -2.44. The first-order valence-electron chi connectivity index (χ1n) is 6.45. The Morgan fingerprint density at radius 1 is 1.05 bits per heavy atom. The van der Waals surface area contributed by atoms with Gasteiger partial charge in [-0.25, -0.2) is 14.5 Å². The molecule has 0 N–H and O–H groups in total. The van der Waals surface area contributed by atoms with Crippen LogP contribution >= 0.6 is 0 Å². The van der Waals surface area contributed by atoms with Crippen molar-refractivity contribution in [2.75, 3.05) is 27.4 Å². The third-order valence-corrected chi connectivity index (χ3v) is 2.58. The number of rotatable bonds is 5. The average Bonchev–Trinajstić information content (AvgIpc) is 2.48. The van der Waals surface area contributed by atoms with Crippen LogP contribution in [0.3, 0.4) is 0 Å². The van der Waals surface area contributed by atoms with Crippen molar-refractivity contribution >= 4 is 12.2 Å². The molecule has 0 heterocycles. The number of ether oxygens (including phenoxy) is 4. The molecular formula is C14H19NO6. The second-order valence-electron chi connectivity index (χ2n) is 3.83. The molecule has 7 heteroatoms. The quantitative estimate of drug-likeness (QED) is 0.832. The molecule has 21 heavy (non-hydrogen) atoms. The Bertz CT molecular complexity index is 502. The standard InChI is InChI=1S/C14H19NO6/c1-5-15(13(16)20-6-2)14(17)21-10-7-8-11(18-3)12(9-10)19-4/h7-9H,5-6H2,1-4H3. The number of amides is 2. The summed E-state index contributed by atoms with van der Waals surface area (Å²) in [6.07, 6.45) is -1.56. The fraction of sp³-hybridized carbons (Fsp3) is 0.429. The van der Waals surface area contributed by atoms with Gasteiger partial charge < -0.3 is 18.9 Å². The SMILES string of the molecule is CCOC(=O)N(CC)C(=O)Oc1ccc(OC)c(OC)c1. The molecule has 1 aromatic rings. The number of methoxy groups -OCH3 is 2. The lowest BCUT2D eigenvalue weighted by atomic mass is 10.3. The molecule has 1 rings (SSSR count). The van der Waals surface area contributed by atoms with Crippen molar-refractivity contribution in [1.29, 1.82) is 0 Å². The summed E-state index contributed by atoms with van der Waals surface area (Å²) < 4.78 is 20.1. The molecule has 7 nitrogen and oxygen atoms in total. The topological polar surface area (TPSA) is 74.3 Å². The van der Waals surface area contributed by atoms with Gasteiger partial charge in [-0.15, -0.1) is 0 Å². The average molecular weight is 297 g/mol. The minimum absolute atomic E-state index is 0.144. The van der Waals surface area contributed by atoms with Crippen LogP contribution in [0.1, 0.15) is 13.8 Å². The Labute approximate surface area is 123 Å². The molecular weight excluding hydrogens is 278 g/mol. The van der Waals surface area contributed by atoms with Crippen molar-refractivity contribution in [2.45, 2.75) is 13.8 Å². The van der Waals surface area contributed by atoms with E-state index in [2.05, 4.69) is 0 Å². The maximum absolute atomic E-state index is 11.9. The van der Waals surface area contributed by atoms with E-state index in [0.717, 1.165) is 4.90 Å². The first-order chi connectivity index (χ1) is 10.1. The summed E-state index contributed by atoms with van der Waals surface area (Å²) in [5.41, 5.74) is 0. The summed E-state index contributed by atoms with van der Waals surface area (Å²) in [7, 11) is 2.98. The second kappa shape index (κ2) is 7.98. The molecule has 0 fully saturated rings. The summed E-state index contributed by atoms with van der Waals surface area (Å²) in [4.78, 5) is 24.4. The van der Waals surface area contributed by atoms with Gasteiger partial charge in [0.25, 0.3) is 0 Å². The zero-order chi connectivity index (χ0) is 15.8. The molecule has 0 bridgehead atoms. The van der Waals surface area contributed by atoms with Crippen molar-refractivity contribution < 1.29 is 28.5 Å². The number of hydrogen-bond acceptors (Lipinski definition) is 6. The van der Waals surface area contributed by atoms with Crippen molar-refractivity contribution in [3.8, 4) is 17.2 Å². The van der Waals surface area contributed by atoms with E-state index in [1.54, 1.807) is 19.9 Å². The van der Waals surface area contributed by atoms with Gasteiger partial charge in [0.05, 0.1) is 20.8 Å². The van der Waals surface area contributed by atoms with E-state index in [9.17, 15) is 9.59 Å². The van der Waals surface area contributed by atoms with Crippen LogP contribution in [0.15, 0.2) is 18.2 Å². The van der Waals surface area contributed by atoms with Gasteiger partial charge in [-0.1, -0.05) is 0 Å². The summed E-state index contributed by atoms with van der Waals surface area (Å²) in [6.45, 7) is 3.63. The highest BCUT2D eigenvalue weighted by Gasteiger charge is 2.23. The van der Waals surface area contributed by atoms with Crippen LogP contribution in [0.2, 0.25) is 0 Å². The Kier molecular flexibility index (Phi) is 6.32. The van der Waals surface area contributed by atoms with Gasteiger partial charge in [0.1, 0.15) is 5.75 Å². The van der Waals surface area contributed by atoms with E-state index in [1.807, 2.05) is 0 Å². The lowest BCUT2D eigenvalue weighted by molar-refractivity contribution is 0.103. The van der Waals surface area contributed by atoms with Crippen molar-refractivity contribution in [2.24, 2.45) is 0 Å². The number of imide groups is 1. The van der Waals surface area contributed by atoms with Gasteiger partial charge in [0.2, 0.25) is 0 Å². The molecule has 0 aliphatic heterocycles. The van der Waals surface area contributed by atoms with Crippen LogP contribution in [-0.2, 0) is 4.74 Å². The van der Waals surface area contributed by atoms with E-state index in [4.69, 9.17) is 18.9 Å². The summed E-state index contributed by atoms with van der Waals surface area (Å²) in [5.74, 6) is 1.16. The molecule has 0 saturated carbocycles. The van der Waals surface area contributed by atoms with Crippen LogP contribution in [0.4, 0.5) is 9.59 Å². The van der Waals surface area contributed by atoms with Crippen molar-refractivity contribution in [3.63, 3.8) is 0 Å². The van der Waals surface area contributed by atoms with Gasteiger partial charge >= 0.3 is 12.2 Å². The van der Waals surface area contributed by atoms with E-state index < -0.39 is 12.2 Å². The first-order valence-corrected chi connectivity index (χ1v) is 6.45.